The SMILES string of the molecule is COc1cc(Cl)nc(Cl)c1CCC(C)N.COc1cc(Cl)nc2c1CCC(C)C2.Cl. The normalized spacial score (nSPS) is 15.8. The van der Waals surface area contributed by atoms with Gasteiger partial charge in [-0.3, -0.25) is 0 Å². The monoisotopic (exact) mass is 495 g/mol. The van der Waals surface area contributed by atoms with Crippen molar-refractivity contribution in [2.45, 2.75) is 52.0 Å². The van der Waals surface area contributed by atoms with Crippen LogP contribution in [-0.4, -0.2) is 30.2 Å². The zero-order valence-corrected chi connectivity index (χ0v) is 20.8. The summed E-state index contributed by atoms with van der Waals surface area (Å²) in [6.45, 7) is 4.20. The van der Waals surface area contributed by atoms with Crippen molar-refractivity contribution in [2.75, 3.05) is 14.2 Å². The van der Waals surface area contributed by atoms with E-state index >= 15 is 0 Å². The van der Waals surface area contributed by atoms with Crippen molar-refractivity contribution in [2.24, 2.45) is 11.7 Å². The van der Waals surface area contributed by atoms with E-state index in [9.17, 15) is 0 Å². The van der Waals surface area contributed by atoms with E-state index in [4.69, 9.17) is 50.0 Å². The molecule has 1 aliphatic carbocycles. The van der Waals surface area contributed by atoms with Crippen molar-refractivity contribution < 1.29 is 9.47 Å². The summed E-state index contributed by atoms with van der Waals surface area (Å²) in [6, 6.07) is 3.59. The van der Waals surface area contributed by atoms with Gasteiger partial charge >= 0.3 is 0 Å². The Balaban J connectivity index is 0.000000291. The molecule has 0 bridgehead atoms. The van der Waals surface area contributed by atoms with Crippen LogP contribution in [0.1, 0.15) is 43.5 Å². The van der Waals surface area contributed by atoms with Gasteiger partial charge in [-0.05, 0) is 44.9 Å². The number of ether oxygens (including phenoxy) is 2. The van der Waals surface area contributed by atoms with Crippen LogP contribution in [-0.2, 0) is 19.3 Å². The van der Waals surface area contributed by atoms with Gasteiger partial charge in [0.25, 0.3) is 0 Å². The van der Waals surface area contributed by atoms with Gasteiger partial charge in [0.1, 0.15) is 27.0 Å². The van der Waals surface area contributed by atoms with E-state index in [2.05, 4.69) is 16.9 Å². The second kappa shape index (κ2) is 12.8. The zero-order valence-electron chi connectivity index (χ0n) is 17.7. The number of fused-ring (bicyclic) bond motifs is 1. The molecular weight excluding hydrogens is 468 g/mol. The first-order valence-corrected chi connectivity index (χ1v) is 10.7. The van der Waals surface area contributed by atoms with Gasteiger partial charge in [0.2, 0.25) is 0 Å². The highest BCUT2D eigenvalue weighted by molar-refractivity contribution is 6.33. The number of hydrogen-bond acceptors (Lipinski definition) is 5. The molecule has 0 fully saturated rings. The largest absolute Gasteiger partial charge is 0.496 e. The molecule has 0 aliphatic heterocycles. The molecular formula is C21H29Cl4N3O2. The molecule has 2 aromatic heterocycles. The molecule has 2 unspecified atom stereocenters. The van der Waals surface area contributed by atoms with Gasteiger partial charge in [-0.15, -0.1) is 12.4 Å². The second-order valence-electron chi connectivity index (χ2n) is 7.35. The topological polar surface area (TPSA) is 70.3 Å². The molecule has 0 aromatic carbocycles. The number of nitrogens with zero attached hydrogens (tertiary/aromatic N) is 2. The Kier molecular flexibility index (Phi) is 11.5. The molecule has 168 valence electrons. The summed E-state index contributed by atoms with van der Waals surface area (Å²) in [5, 5.41) is 1.26. The molecule has 2 N–H and O–H groups in total. The summed E-state index contributed by atoms with van der Waals surface area (Å²) in [4.78, 5) is 8.33. The van der Waals surface area contributed by atoms with Gasteiger partial charge in [-0.2, -0.15) is 0 Å². The van der Waals surface area contributed by atoms with Crippen molar-refractivity contribution in [1.29, 1.82) is 0 Å². The van der Waals surface area contributed by atoms with Crippen LogP contribution in [0.15, 0.2) is 12.1 Å². The molecule has 2 aromatic rings. The van der Waals surface area contributed by atoms with Crippen molar-refractivity contribution in [3.63, 3.8) is 0 Å². The maximum Gasteiger partial charge on any atom is 0.137 e. The Labute approximate surface area is 200 Å². The minimum absolute atomic E-state index is 0. The van der Waals surface area contributed by atoms with E-state index in [-0.39, 0.29) is 18.4 Å². The Morgan fingerprint density at radius 2 is 1.70 bits per heavy atom. The van der Waals surface area contributed by atoms with E-state index in [1.165, 1.54) is 12.0 Å². The van der Waals surface area contributed by atoms with Crippen LogP contribution in [0.3, 0.4) is 0 Å². The van der Waals surface area contributed by atoms with Crippen LogP contribution in [0.4, 0.5) is 0 Å². The predicted molar refractivity (Wildman–Crippen MR) is 127 cm³/mol. The number of hydrogen-bond donors (Lipinski definition) is 1. The number of pyridine rings is 2. The molecule has 3 rings (SSSR count). The number of nitrogens with two attached hydrogens (primary N) is 1. The third kappa shape index (κ3) is 7.61. The average molecular weight is 497 g/mol. The van der Waals surface area contributed by atoms with Crippen LogP contribution in [0, 0.1) is 5.92 Å². The summed E-state index contributed by atoms with van der Waals surface area (Å²) in [7, 11) is 3.27. The van der Waals surface area contributed by atoms with Gasteiger partial charge in [0, 0.05) is 35.0 Å². The fraction of sp³-hybridized carbons (Fsp3) is 0.524. The van der Waals surface area contributed by atoms with Gasteiger partial charge in [-0.1, -0.05) is 41.7 Å². The van der Waals surface area contributed by atoms with E-state index in [1.807, 2.05) is 6.92 Å². The van der Waals surface area contributed by atoms with Crippen LogP contribution in [0.25, 0.3) is 0 Å². The number of halogens is 4. The molecule has 0 radical (unpaired) electrons. The Morgan fingerprint density at radius 3 is 2.30 bits per heavy atom. The number of methoxy groups -OCH3 is 2. The Morgan fingerprint density at radius 1 is 1.10 bits per heavy atom. The van der Waals surface area contributed by atoms with E-state index < -0.39 is 0 Å². The van der Waals surface area contributed by atoms with Gasteiger partial charge in [0.05, 0.1) is 14.2 Å². The lowest BCUT2D eigenvalue weighted by molar-refractivity contribution is 0.397. The maximum atomic E-state index is 5.98. The van der Waals surface area contributed by atoms with Crippen molar-refractivity contribution >= 4 is 47.2 Å². The fourth-order valence-corrected chi connectivity index (χ4v) is 3.99. The summed E-state index contributed by atoms with van der Waals surface area (Å²) < 4.78 is 10.5. The fourth-order valence-electron chi connectivity index (χ4n) is 3.28. The number of aromatic nitrogens is 2. The highest BCUT2D eigenvalue weighted by atomic mass is 35.5. The second-order valence-corrected chi connectivity index (χ2v) is 8.49. The third-order valence-electron chi connectivity index (χ3n) is 4.86. The molecule has 9 heteroatoms. The Bertz CT molecular complexity index is 834. The van der Waals surface area contributed by atoms with Crippen LogP contribution < -0.4 is 15.2 Å². The lowest BCUT2D eigenvalue weighted by atomic mass is 9.88. The molecule has 2 heterocycles. The highest BCUT2D eigenvalue weighted by Crippen LogP contribution is 2.32. The van der Waals surface area contributed by atoms with Gasteiger partial charge in [-0.25, -0.2) is 9.97 Å². The molecule has 30 heavy (non-hydrogen) atoms. The van der Waals surface area contributed by atoms with Crippen LogP contribution >= 0.6 is 47.2 Å². The summed E-state index contributed by atoms with van der Waals surface area (Å²) >= 11 is 17.7. The van der Waals surface area contributed by atoms with Crippen molar-refractivity contribution in [3.8, 4) is 11.5 Å². The Hall–Kier alpha value is -0.980. The van der Waals surface area contributed by atoms with Gasteiger partial charge < -0.3 is 15.2 Å². The molecule has 0 saturated carbocycles. The first kappa shape index (κ1) is 27.1. The third-order valence-corrected chi connectivity index (χ3v) is 5.56. The predicted octanol–water partition coefficient (Wildman–Crippen LogP) is 5.97. The van der Waals surface area contributed by atoms with Crippen LogP contribution in [0.2, 0.25) is 15.5 Å². The molecule has 0 amide bonds. The number of rotatable bonds is 5. The quantitative estimate of drug-likeness (QED) is 0.516. The summed E-state index contributed by atoms with van der Waals surface area (Å²) in [6.07, 6.45) is 4.87. The molecule has 5 nitrogen and oxygen atoms in total. The smallest absolute Gasteiger partial charge is 0.137 e. The maximum absolute atomic E-state index is 5.98. The highest BCUT2D eigenvalue weighted by Gasteiger charge is 2.20. The first-order chi connectivity index (χ1) is 13.7. The average Bonchev–Trinajstić information content (AvgIpc) is 2.65. The first-order valence-electron chi connectivity index (χ1n) is 9.61. The van der Waals surface area contributed by atoms with Crippen molar-refractivity contribution in [1.82, 2.24) is 9.97 Å². The summed E-state index contributed by atoms with van der Waals surface area (Å²) in [5.41, 5.74) is 8.91. The van der Waals surface area contributed by atoms with Crippen molar-refractivity contribution in [3.05, 3.63) is 44.4 Å². The molecule has 0 saturated heterocycles. The lowest BCUT2D eigenvalue weighted by Crippen LogP contribution is -2.15. The molecule has 1 aliphatic rings. The van der Waals surface area contributed by atoms with Gasteiger partial charge in [0.15, 0.2) is 0 Å². The zero-order chi connectivity index (χ0) is 21.6. The van der Waals surface area contributed by atoms with Crippen LogP contribution in [0.5, 0.6) is 11.5 Å². The molecule has 0 spiro atoms. The minimum Gasteiger partial charge on any atom is -0.496 e. The van der Waals surface area contributed by atoms with E-state index in [0.717, 1.165) is 42.7 Å². The van der Waals surface area contributed by atoms with E-state index in [1.54, 1.807) is 26.4 Å². The minimum atomic E-state index is 0. The lowest BCUT2D eigenvalue weighted by Gasteiger charge is -2.22. The summed E-state index contributed by atoms with van der Waals surface area (Å²) in [5.74, 6) is 2.27. The molecule has 2 atom stereocenters. The van der Waals surface area contributed by atoms with E-state index in [0.29, 0.717) is 27.1 Å². The standard InChI is InChI=1S/C11H14ClNO.C10H14Cl2N2O.ClH/c1-7-3-4-8-9(5-7)13-11(12)6-10(8)14-2;1-6(13)3-4-7-8(15-2)5-9(11)14-10(7)12;/h6-7H,3-5H2,1-2H3;5-6H,3-4,13H2,1-2H3;1H.